The summed E-state index contributed by atoms with van der Waals surface area (Å²) in [6.07, 6.45) is 9.05. The number of thiophene rings is 1. The van der Waals surface area contributed by atoms with Crippen molar-refractivity contribution in [3.05, 3.63) is 45.2 Å². The van der Waals surface area contributed by atoms with Crippen molar-refractivity contribution < 1.29 is 9.53 Å². The van der Waals surface area contributed by atoms with Crippen molar-refractivity contribution in [1.82, 2.24) is 0 Å². The second-order valence-corrected chi connectivity index (χ2v) is 8.27. The summed E-state index contributed by atoms with van der Waals surface area (Å²) in [6, 6.07) is 4.08. The molecule has 0 spiro atoms. The van der Waals surface area contributed by atoms with Gasteiger partial charge in [-0.15, -0.1) is 11.3 Å². The molecule has 0 atom stereocenters. The van der Waals surface area contributed by atoms with Crippen molar-refractivity contribution in [2.45, 2.75) is 59.8 Å². The van der Waals surface area contributed by atoms with E-state index < -0.39 is 0 Å². The van der Waals surface area contributed by atoms with Crippen LogP contribution in [0.25, 0.3) is 0 Å². The Bertz CT molecular complexity index is 723. The molecule has 0 unspecified atom stereocenters. The van der Waals surface area contributed by atoms with Gasteiger partial charge in [-0.25, -0.2) is 0 Å². The van der Waals surface area contributed by atoms with Crippen LogP contribution in [0.15, 0.2) is 35.4 Å². The molecular formula is C22H28O2S. The Hall–Kier alpha value is -1.79. The number of rotatable bonds is 5. The highest BCUT2D eigenvalue weighted by Crippen LogP contribution is 2.40. The largest absolute Gasteiger partial charge is 0.466 e. The van der Waals surface area contributed by atoms with E-state index in [2.05, 4.69) is 44.8 Å². The number of allylic oxidation sites excluding steroid dienone is 4. The summed E-state index contributed by atoms with van der Waals surface area (Å²) < 4.78 is 4.96. The van der Waals surface area contributed by atoms with Crippen molar-refractivity contribution in [3.8, 4) is 11.8 Å². The van der Waals surface area contributed by atoms with Crippen molar-refractivity contribution in [2.75, 3.05) is 6.61 Å². The van der Waals surface area contributed by atoms with E-state index in [1.54, 1.807) is 11.3 Å². The maximum Gasteiger partial charge on any atom is 0.306 e. The van der Waals surface area contributed by atoms with Gasteiger partial charge in [-0.2, -0.15) is 0 Å². The van der Waals surface area contributed by atoms with Crippen LogP contribution in [0.1, 0.15) is 63.1 Å². The lowest BCUT2D eigenvalue weighted by Crippen LogP contribution is -2.18. The molecule has 0 saturated heterocycles. The molecule has 1 aliphatic rings. The van der Waals surface area contributed by atoms with E-state index >= 15 is 0 Å². The van der Waals surface area contributed by atoms with E-state index in [-0.39, 0.29) is 11.4 Å². The van der Waals surface area contributed by atoms with Gasteiger partial charge in [-0.05, 0) is 68.7 Å². The van der Waals surface area contributed by atoms with Gasteiger partial charge in [-0.3, -0.25) is 4.79 Å². The van der Waals surface area contributed by atoms with Crippen LogP contribution in [0, 0.1) is 17.3 Å². The molecule has 0 amide bonds. The van der Waals surface area contributed by atoms with E-state index in [0.717, 1.165) is 11.3 Å². The highest BCUT2D eigenvalue weighted by atomic mass is 32.1. The number of carbonyl (C=O) groups excluding carboxylic acids is 1. The summed E-state index contributed by atoms with van der Waals surface area (Å²) in [5, 5.41) is 0. The second-order valence-electron chi connectivity index (χ2n) is 7.11. The Balaban J connectivity index is 1.95. The molecule has 0 saturated carbocycles. The SMILES string of the molecule is CCOC(=O)CCc1ccc(C#CC=CC2=C(C)CCCC2(C)C)s1. The molecule has 25 heavy (non-hydrogen) atoms. The maximum atomic E-state index is 11.4. The van der Waals surface area contributed by atoms with Gasteiger partial charge >= 0.3 is 5.97 Å². The van der Waals surface area contributed by atoms with Crippen LogP contribution in [0.5, 0.6) is 0 Å². The van der Waals surface area contributed by atoms with Gasteiger partial charge in [-0.1, -0.05) is 37.3 Å². The Morgan fingerprint density at radius 2 is 2.20 bits per heavy atom. The molecular weight excluding hydrogens is 328 g/mol. The summed E-state index contributed by atoms with van der Waals surface area (Å²) in [5.41, 5.74) is 3.19. The minimum atomic E-state index is -0.134. The van der Waals surface area contributed by atoms with Crippen LogP contribution < -0.4 is 0 Å². The fraction of sp³-hybridized carbons (Fsp3) is 0.500. The van der Waals surface area contributed by atoms with Crippen molar-refractivity contribution in [1.29, 1.82) is 0 Å². The first-order valence-corrected chi connectivity index (χ1v) is 9.86. The summed E-state index contributed by atoms with van der Waals surface area (Å²) in [4.78, 5) is 13.6. The van der Waals surface area contributed by atoms with Crippen LogP contribution in [0.3, 0.4) is 0 Å². The third-order valence-electron chi connectivity index (χ3n) is 4.61. The third kappa shape index (κ3) is 5.90. The zero-order chi connectivity index (χ0) is 18.3. The van der Waals surface area contributed by atoms with Gasteiger partial charge in [0.25, 0.3) is 0 Å². The van der Waals surface area contributed by atoms with Gasteiger partial charge in [0.1, 0.15) is 0 Å². The smallest absolute Gasteiger partial charge is 0.306 e. The molecule has 1 heterocycles. The Morgan fingerprint density at radius 3 is 2.92 bits per heavy atom. The fourth-order valence-corrected chi connectivity index (χ4v) is 4.15. The number of ether oxygens (including phenoxy) is 1. The maximum absolute atomic E-state index is 11.4. The molecule has 134 valence electrons. The first-order chi connectivity index (χ1) is 11.9. The normalized spacial score (nSPS) is 16.6. The van der Waals surface area contributed by atoms with Crippen LogP contribution in [0.4, 0.5) is 0 Å². The van der Waals surface area contributed by atoms with Crippen LogP contribution in [0.2, 0.25) is 0 Å². The van der Waals surface area contributed by atoms with Crippen LogP contribution >= 0.6 is 11.3 Å². The Labute approximate surface area is 156 Å². The highest BCUT2D eigenvalue weighted by molar-refractivity contribution is 7.12. The topological polar surface area (TPSA) is 26.3 Å². The molecule has 0 aromatic carbocycles. The predicted molar refractivity (Wildman–Crippen MR) is 106 cm³/mol. The number of carbonyl (C=O) groups is 1. The number of hydrogen-bond donors (Lipinski definition) is 0. The lowest BCUT2D eigenvalue weighted by molar-refractivity contribution is -0.143. The average molecular weight is 357 g/mol. The molecule has 1 aromatic heterocycles. The molecule has 1 aliphatic carbocycles. The molecule has 2 rings (SSSR count). The molecule has 2 nitrogen and oxygen atoms in total. The second kappa shape index (κ2) is 9.06. The molecule has 0 radical (unpaired) electrons. The molecule has 0 aliphatic heterocycles. The van der Waals surface area contributed by atoms with Gasteiger partial charge in [0.15, 0.2) is 0 Å². The molecule has 3 heteroatoms. The Kier molecular flexibility index (Phi) is 7.08. The standard InChI is InChI=1S/C22H28O2S/c1-5-24-21(23)15-14-19-13-12-18(25-19)10-6-7-11-20-17(2)9-8-16-22(20,3)4/h7,11-13H,5,8-9,14-16H2,1-4H3. The van der Waals surface area contributed by atoms with E-state index in [0.29, 0.717) is 13.0 Å². The van der Waals surface area contributed by atoms with Gasteiger partial charge < -0.3 is 4.74 Å². The van der Waals surface area contributed by atoms with Gasteiger partial charge in [0.2, 0.25) is 0 Å². The monoisotopic (exact) mass is 356 g/mol. The summed E-state index contributed by atoms with van der Waals surface area (Å²) in [6.45, 7) is 9.15. The van der Waals surface area contributed by atoms with Gasteiger partial charge in [0, 0.05) is 4.88 Å². The molecule has 1 aromatic rings. The molecule has 0 N–H and O–H groups in total. The molecule has 0 bridgehead atoms. The third-order valence-corrected chi connectivity index (χ3v) is 5.67. The first-order valence-electron chi connectivity index (χ1n) is 9.05. The number of esters is 1. The summed E-state index contributed by atoms with van der Waals surface area (Å²) in [7, 11) is 0. The van der Waals surface area contributed by atoms with E-state index in [1.165, 1.54) is 35.3 Å². The minimum absolute atomic E-state index is 0.134. The number of hydrogen-bond acceptors (Lipinski definition) is 3. The highest BCUT2D eigenvalue weighted by Gasteiger charge is 2.26. The van der Waals surface area contributed by atoms with Crippen molar-refractivity contribution in [2.24, 2.45) is 5.41 Å². The van der Waals surface area contributed by atoms with Gasteiger partial charge in [0.05, 0.1) is 17.9 Å². The zero-order valence-corrected chi connectivity index (χ0v) is 16.6. The fourth-order valence-electron chi connectivity index (χ4n) is 3.29. The lowest BCUT2D eigenvalue weighted by Gasteiger charge is -2.32. The Morgan fingerprint density at radius 1 is 1.40 bits per heavy atom. The lowest BCUT2D eigenvalue weighted by atomic mass is 9.73. The van der Waals surface area contributed by atoms with Crippen molar-refractivity contribution in [3.63, 3.8) is 0 Å². The summed E-state index contributed by atoms with van der Waals surface area (Å²) >= 11 is 1.65. The van der Waals surface area contributed by atoms with Crippen LogP contribution in [-0.2, 0) is 16.0 Å². The van der Waals surface area contributed by atoms with Crippen molar-refractivity contribution >= 4 is 17.3 Å². The zero-order valence-electron chi connectivity index (χ0n) is 15.8. The average Bonchev–Trinajstić information content (AvgIpc) is 2.99. The molecule has 0 fully saturated rings. The first kappa shape index (κ1) is 19.5. The van der Waals surface area contributed by atoms with E-state index in [4.69, 9.17) is 4.74 Å². The van der Waals surface area contributed by atoms with E-state index in [9.17, 15) is 4.79 Å². The van der Waals surface area contributed by atoms with E-state index in [1.807, 2.05) is 19.1 Å². The minimum Gasteiger partial charge on any atom is -0.466 e. The quantitative estimate of drug-likeness (QED) is 0.501. The van der Waals surface area contributed by atoms with Crippen LogP contribution in [-0.4, -0.2) is 12.6 Å². The predicted octanol–water partition coefficient (Wildman–Crippen LogP) is 5.68. The summed E-state index contributed by atoms with van der Waals surface area (Å²) in [5.74, 6) is 6.23. The number of aryl methyl sites for hydroxylation is 1.